The van der Waals surface area contributed by atoms with E-state index in [2.05, 4.69) is 25.6 Å². The molecule has 1 aliphatic heterocycles. The Kier molecular flexibility index (Phi) is 11.0. The minimum Gasteiger partial charge on any atom is -0.480 e. The molecule has 2 aromatic rings. The van der Waals surface area contributed by atoms with Gasteiger partial charge in [-0.3, -0.25) is 4.57 Å². The molecule has 0 saturated carbocycles. The second kappa shape index (κ2) is 14.1. The molecular weight excluding hydrogens is 582 g/mol. The molecule has 3 unspecified atom stereocenters. The lowest BCUT2D eigenvalue weighted by molar-refractivity contribution is -0.139. The fraction of sp³-hybridized carbons (Fsp3) is 0.667. The first-order valence-electron chi connectivity index (χ1n) is 14.0. The van der Waals surface area contributed by atoms with Crippen molar-refractivity contribution in [1.82, 2.24) is 30.2 Å². The number of nitrogens with zero attached hydrogens (tertiary/aromatic N) is 4. The van der Waals surface area contributed by atoms with Gasteiger partial charge < -0.3 is 50.3 Å². The van der Waals surface area contributed by atoms with Crippen molar-refractivity contribution in [3.63, 3.8) is 0 Å². The second-order valence-electron chi connectivity index (χ2n) is 12.3. The fourth-order valence-corrected chi connectivity index (χ4v) is 4.60. The Labute approximate surface area is 253 Å². The lowest BCUT2D eigenvalue weighted by atomic mass is 9.97. The molecule has 3 rings (SSSR count). The van der Waals surface area contributed by atoms with Gasteiger partial charge in [-0.15, -0.1) is 0 Å². The molecule has 0 aromatic carbocycles. The number of carbonyl (C=O) groups excluding carboxylic acids is 3. The van der Waals surface area contributed by atoms with Gasteiger partial charge in [-0.2, -0.15) is 0 Å². The van der Waals surface area contributed by atoms with Crippen molar-refractivity contribution >= 4 is 41.4 Å². The molecule has 44 heavy (non-hydrogen) atoms. The number of hydrogen-bond donors (Lipinski definition) is 5. The molecule has 3 heterocycles. The van der Waals surface area contributed by atoms with Crippen molar-refractivity contribution in [2.24, 2.45) is 0 Å². The highest BCUT2D eigenvalue weighted by Crippen LogP contribution is 2.36. The zero-order valence-corrected chi connectivity index (χ0v) is 25.6. The van der Waals surface area contributed by atoms with Gasteiger partial charge >= 0.3 is 18.2 Å². The molecule has 1 fully saturated rings. The number of hydrogen-bond acceptors (Lipinski definition) is 13. The zero-order chi connectivity index (χ0) is 32.8. The lowest BCUT2D eigenvalue weighted by Gasteiger charge is -2.27. The first-order valence-corrected chi connectivity index (χ1v) is 14.0. The van der Waals surface area contributed by atoms with Crippen LogP contribution in [0.25, 0.3) is 11.2 Å². The first-order chi connectivity index (χ1) is 20.5. The van der Waals surface area contributed by atoms with E-state index in [-0.39, 0.29) is 31.7 Å². The van der Waals surface area contributed by atoms with Gasteiger partial charge in [0, 0.05) is 6.04 Å². The molecule has 6 atom stereocenters. The summed E-state index contributed by atoms with van der Waals surface area (Å²) >= 11 is 0. The van der Waals surface area contributed by atoms with Crippen LogP contribution in [0.5, 0.6) is 0 Å². The number of carbonyl (C=O) groups is 4. The van der Waals surface area contributed by atoms with E-state index in [1.807, 2.05) is 0 Å². The Balaban J connectivity index is 1.83. The van der Waals surface area contributed by atoms with Crippen LogP contribution >= 0.6 is 0 Å². The van der Waals surface area contributed by atoms with E-state index in [9.17, 15) is 29.4 Å². The van der Waals surface area contributed by atoms with Crippen LogP contribution in [0.15, 0.2) is 12.7 Å². The number of aliphatic hydroxyl groups is 1. The fourth-order valence-electron chi connectivity index (χ4n) is 4.60. The van der Waals surface area contributed by atoms with Crippen LogP contribution in [-0.4, -0.2) is 102 Å². The quantitative estimate of drug-likeness (QED) is 0.209. The number of carboxylic acid groups (broad SMARTS) is 1. The minimum atomic E-state index is -1.35. The number of fused-ring (bicyclic) bond motifs is 1. The highest BCUT2D eigenvalue weighted by molar-refractivity contribution is 5.81. The average molecular weight is 624 g/mol. The normalized spacial score (nSPS) is 21.8. The van der Waals surface area contributed by atoms with Crippen molar-refractivity contribution in [2.75, 3.05) is 12.3 Å². The molecule has 2 aromatic heterocycles. The van der Waals surface area contributed by atoms with E-state index in [4.69, 9.17) is 24.7 Å². The number of aldehydes is 1. The number of nitrogens with two attached hydrogens (primary N) is 1. The summed E-state index contributed by atoms with van der Waals surface area (Å²) in [5, 5.41) is 26.0. The Morgan fingerprint density at radius 3 is 2.30 bits per heavy atom. The third-order valence-corrected chi connectivity index (χ3v) is 6.36. The van der Waals surface area contributed by atoms with E-state index in [0.29, 0.717) is 17.5 Å². The summed E-state index contributed by atoms with van der Waals surface area (Å²) in [6, 6.07) is -2.14. The molecule has 1 saturated heterocycles. The summed E-state index contributed by atoms with van der Waals surface area (Å²) in [4.78, 5) is 60.4. The van der Waals surface area contributed by atoms with E-state index in [0.717, 1.165) is 0 Å². The van der Waals surface area contributed by atoms with Gasteiger partial charge in [-0.25, -0.2) is 29.3 Å². The molecule has 17 heteroatoms. The van der Waals surface area contributed by atoms with Gasteiger partial charge in [0.2, 0.25) is 0 Å². The molecule has 0 bridgehead atoms. The monoisotopic (exact) mass is 623 g/mol. The van der Waals surface area contributed by atoms with Gasteiger partial charge in [-0.05, 0) is 60.8 Å². The molecule has 6 N–H and O–H groups in total. The number of aliphatic hydroxyl groups excluding tert-OH is 1. The van der Waals surface area contributed by atoms with Crippen LogP contribution in [0, 0.1) is 0 Å². The molecule has 0 spiro atoms. The molecule has 1 aliphatic rings. The summed E-state index contributed by atoms with van der Waals surface area (Å²) in [7, 11) is 0. The Bertz CT molecular complexity index is 1320. The Morgan fingerprint density at radius 1 is 1.07 bits per heavy atom. The van der Waals surface area contributed by atoms with Crippen molar-refractivity contribution in [3.8, 4) is 0 Å². The number of anilines is 1. The van der Waals surface area contributed by atoms with Crippen LogP contribution in [0.3, 0.4) is 0 Å². The smallest absolute Gasteiger partial charge is 0.408 e. The maximum absolute atomic E-state index is 12.7. The molecule has 0 aliphatic carbocycles. The predicted molar refractivity (Wildman–Crippen MR) is 153 cm³/mol. The second-order valence-corrected chi connectivity index (χ2v) is 12.3. The van der Waals surface area contributed by atoms with Gasteiger partial charge in [0.15, 0.2) is 17.7 Å². The molecule has 0 radical (unpaired) electrons. The van der Waals surface area contributed by atoms with E-state index in [1.54, 1.807) is 41.5 Å². The van der Waals surface area contributed by atoms with Crippen molar-refractivity contribution in [1.29, 1.82) is 0 Å². The van der Waals surface area contributed by atoms with E-state index in [1.165, 1.54) is 17.2 Å². The first kappa shape index (κ1) is 34.4. The summed E-state index contributed by atoms with van der Waals surface area (Å²) in [6.45, 7) is 9.64. The minimum absolute atomic E-state index is 0.0274. The van der Waals surface area contributed by atoms with E-state index < -0.39 is 66.0 Å². The van der Waals surface area contributed by atoms with Crippen LogP contribution in [-0.2, 0) is 28.5 Å². The van der Waals surface area contributed by atoms with Gasteiger partial charge in [0.25, 0.3) is 0 Å². The van der Waals surface area contributed by atoms with Gasteiger partial charge in [0.05, 0.1) is 12.4 Å². The van der Waals surface area contributed by atoms with Gasteiger partial charge in [0.1, 0.15) is 54.2 Å². The summed E-state index contributed by atoms with van der Waals surface area (Å²) < 4.78 is 23.9. The molecule has 17 nitrogen and oxygen atoms in total. The third kappa shape index (κ3) is 9.45. The lowest BCUT2D eigenvalue weighted by Crippen LogP contribution is -2.46. The highest BCUT2D eigenvalue weighted by Gasteiger charge is 2.47. The Morgan fingerprint density at radius 2 is 1.70 bits per heavy atom. The number of aliphatic carboxylic acids is 1. The summed E-state index contributed by atoms with van der Waals surface area (Å²) in [6.07, 6.45) is -2.97. The number of carboxylic acids is 1. The largest absolute Gasteiger partial charge is 0.480 e. The molecular formula is C27H41N7O10. The highest BCUT2D eigenvalue weighted by atomic mass is 16.6. The van der Waals surface area contributed by atoms with Crippen molar-refractivity contribution in [3.05, 3.63) is 12.7 Å². The number of ether oxygens (including phenoxy) is 4. The van der Waals surface area contributed by atoms with Crippen LogP contribution in [0.2, 0.25) is 0 Å². The molecule has 244 valence electrons. The number of aromatic nitrogens is 4. The van der Waals surface area contributed by atoms with Crippen molar-refractivity contribution in [2.45, 2.75) is 109 Å². The zero-order valence-electron chi connectivity index (χ0n) is 25.6. The average Bonchev–Trinajstić information content (AvgIpc) is 3.44. The topological polar surface area (TPSA) is 239 Å². The number of amides is 2. The van der Waals surface area contributed by atoms with Crippen LogP contribution in [0.4, 0.5) is 15.4 Å². The van der Waals surface area contributed by atoms with Gasteiger partial charge in [-0.1, -0.05) is 0 Å². The summed E-state index contributed by atoms with van der Waals surface area (Å²) in [5.41, 5.74) is 4.83. The number of rotatable bonds is 12. The Hall–Kier alpha value is -4.09. The predicted octanol–water partition coefficient (Wildman–Crippen LogP) is 1.29. The van der Waals surface area contributed by atoms with Crippen molar-refractivity contribution < 1.29 is 48.3 Å². The van der Waals surface area contributed by atoms with E-state index >= 15 is 0 Å². The van der Waals surface area contributed by atoms with Crippen LogP contribution < -0.4 is 16.4 Å². The molecule has 2 amide bonds. The van der Waals surface area contributed by atoms with Crippen LogP contribution in [0.1, 0.15) is 67.0 Å². The SMILES string of the molecule is CC(C)(C)OC(=O)N[C@@H](CC[C@H](NC(=O)OC(C)(C)C)C(=O)O)CC1O[C@@H](n2cnc3c(N)ncnc32)C(OCC=O)C1O. The number of alkyl carbamates (subject to hydrolysis) is 2. The standard InChI is InChI=1S/C27H41N7O10/c1-26(2,3)43-24(39)32-14(7-8-15(23(37)38)33-25(40)44-27(4,5)6)11-16-18(36)19(41-10-9-35)22(42-16)34-13-31-17-20(28)29-12-30-21(17)34/h9,12-16,18-19,22,36H,7-8,10-11H2,1-6H3,(H,32,39)(H,33,40)(H,37,38)(H2,28,29,30)/t14-,15-,16?,18?,19?,22+/m0/s1. The summed E-state index contributed by atoms with van der Waals surface area (Å²) in [5.74, 6) is -1.18. The third-order valence-electron chi connectivity index (χ3n) is 6.36. The number of nitrogen functional groups attached to an aromatic ring is 1. The number of imidazole rings is 1. The maximum atomic E-state index is 12.7. The number of nitrogens with one attached hydrogen (secondary N) is 2. The maximum Gasteiger partial charge on any atom is 0.408 e.